The third kappa shape index (κ3) is 2.30. The molecule has 20 heavy (non-hydrogen) atoms. The van der Waals surface area contributed by atoms with Crippen molar-refractivity contribution < 1.29 is 4.79 Å². The molecule has 4 heteroatoms. The van der Waals surface area contributed by atoms with E-state index in [2.05, 4.69) is 33.0 Å². The average molecular weight is 346 g/mol. The van der Waals surface area contributed by atoms with Crippen molar-refractivity contribution in [3.05, 3.63) is 52.5 Å². The Balaban J connectivity index is 2.21. The molecule has 0 spiro atoms. The van der Waals surface area contributed by atoms with E-state index in [1.54, 1.807) is 11.8 Å². The van der Waals surface area contributed by atoms with Crippen LogP contribution in [0.2, 0.25) is 0 Å². The van der Waals surface area contributed by atoms with E-state index in [1.165, 1.54) is 4.90 Å². The molecule has 0 radical (unpaired) electrons. The van der Waals surface area contributed by atoms with E-state index in [0.717, 1.165) is 32.9 Å². The second-order valence-electron chi connectivity index (χ2n) is 4.45. The minimum atomic E-state index is 0.707. The predicted molar refractivity (Wildman–Crippen MR) is 88.6 cm³/mol. The van der Waals surface area contributed by atoms with Crippen LogP contribution < -0.4 is 0 Å². The lowest BCUT2D eigenvalue weighted by atomic mass is 10.1. The van der Waals surface area contributed by atoms with Gasteiger partial charge in [0.2, 0.25) is 0 Å². The van der Waals surface area contributed by atoms with Gasteiger partial charge in [-0.2, -0.15) is 0 Å². The Labute approximate surface area is 129 Å². The Hall–Kier alpha value is -1.52. The summed E-state index contributed by atoms with van der Waals surface area (Å²) in [6.07, 6.45) is 2.97. The highest BCUT2D eigenvalue weighted by molar-refractivity contribution is 9.10. The largest absolute Gasteiger partial charge is 0.354 e. The first-order valence-corrected chi connectivity index (χ1v) is 8.15. The topological polar surface area (TPSA) is 32.9 Å². The van der Waals surface area contributed by atoms with Crippen molar-refractivity contribution in [3.8, 4) is 11.3 Å². The smallest absolute Gasteiger partial charge is 0.152 e. The van der Waals surface area contributed by atoms with E-state index in [4.69, 9.17) is 0 Å². The zero-order valence-electron chi connectivity index (χ0n) is 10.8. The number of aromatic amines is 1. The van der Waals surface area contributed by atoms with Crippen LogP contribution in [0, 0.1) is 0 Å². The monoisotopic (exact) mass is 345 g/mol. The van der Waals surface area contributed by atoms with Gasteiger partial charge in [-0.15, -0.1) is 11.8 Å². The van der Waals surface area contributed by atoms with Gasteiger partial charge in [-0.05, 0) is 42.2 Å². The van der Waals surface area contributed by atoms with Crippen molar-refractivity contribution >= 4 is 44.9 Å². The van der Waals surface area contributed by atoms with Crippen molar-refractivity contribution in [2.24, 2.45) is 0 Å². The summed E-state index contributed by atoms with van der Waals surface area (Å²) in [5, 5.41) is 0.943. The molecule has 0 saturated heterocycles. The molecule has 0 bridgehead atoms. The van der Waals surface area contributed by atoms with Gasteiger partial charge in [0.15, 0.2) is 6.29 Å². The van der Waals surface area contributed by atoms with Crippen LogP contribution in [-0.4, -0.2) is 17.5 Å². The van der Waals surface area contributed by atoms with Crippen LogP contribution in [0.4, 0.5) is 0 Å². The average Bonchev–Trinajstić information content (AvgIpc) is 2.85. The van der Waals surface area contributed by atoms with Gasteiger partial charge in [0.05, 0.1) is 5.69 Å². The molecule has 0 atom stereocenters. The van der Waals surface area contributed by atoms with E-state index in [0.29, 0.717) is 5.56 Å². The van der Waals surface area contributed by atoms with E-state index in [1.807, 2.05) is 36.6 Å². The number of carbonyl (C=O) groups is 1. The standard InChI is InChI=1S/C16H12BrNOS/c1-20-12-5-2-10(3-6-12)16-14(9-19)13-8-11(17)4-7-15(13)18-16/h2-9,18H,1H3. The number of halogens is 1. The molecule has 1 heterocycles. The van der Waals surface area contributed by atoms with Gasteiger partial charge in [0.25, 0.3) is 0 Å². The van der Waals surface area contributed by atoms with Crippen molar-refractivity contribution in [2.45, 2.75) is 4.90 Å². The zero-order chi connectivity index (χ0) is 14.1. The van der Waals surface area contributed by atoms with Gasteiger partial charge >= 0.3 is 0 Å². The van der Waals surface area contributed by atoms with Crippen LogP contribution in [0.1, 0.15) is 10.4 Å². The summed E-state index contributed by atoms with van der Waals surface area (Å²) in [6.45, 7) is 0. The Bertz CT molecular complexity index is 777. The highest BCUT2D eigenvalue weighted by Gasteiger charge is 2.12. The van der Waals surface area contributed by atoms with Gasteiger partial charge < -0.3 is 4.98 Å². The highest BCUT2D eigenvalue weighted by atomic mass is 79.9. The number of aromatic nitrogens is 1. The van der Waals surface area contributed by atoms with E-state index < -0.39 is 0 Å². The molecule has 0 amide bonds. The van der Waals surface area contributed by atoms with Gasteiger partial charge in [-0.1, -0.05) is 28.1 Å². The maximum atomic E-state index is 11.5. The fourth-order valence-electron chi connectivity index (χ4n) is 2.29. The maximum absolute atomic E-state index is 11.5. The predicted octanol–water partition coefficient (Wildman–Crippen LogP) is 5.13. The number of hydrogen-bond acceptors (Lipinski definition) is 2. The van der Waals surface area contributed by atoms with Crippen molar-refractivity contribution in [1.29, 1.82) is 0 Å². The van der Waals surface area contributed by atoms with Gasteiger partial charge in [-0.3, -0.25) is 4.79 Å². The molecule has 100 valence electrons. The number of carbonyl (C=O) groups excluding carboxylic acids is 1. The molecular weight excluding hydrogens is 334 g/mol. The number of benzene rings is 2. The van der Waals surface area contributed by atoms with Crippen LogP contribution in [0.5, 0.6) is 0 Å². The lowest BCUT2D eigenvalue weighted by molar-refractivity contribution is 0.112. The first kappa shape index (κ1) is 13.5. The molecular formula is C16H12BrNOS. The summed E-state index contributed by atoms with van der Waals surface area (Å²) in [5.74, 6) is 0. The summed E-state index contributed by atoms with van der Waals surface area (Å²) < 4.78 is 0.969. The van der Waals surface area contributed by atoms with Crippen LogP contribution >= 0.6 is 27.7 Å². The minimum Gasteiger partial charge on any atom is -0.354 e. The Morgan fingerprint density at radius 1 is 1.15 bits per heavy atom. The third-order valence-corrected chi connectivity index (χ3v) is 4.53. The summed E-state index contributed by atoms with van der Waals surface area (Å²) in [7, 11) is 0. The van der Waals surface area contributed by atoms with E-state index in [9.17, 15) is 4.79 Å². The molecule has 0 saturated carbocycles. The summed E-state index contributed by atoms with van der Waals surface area (Å²) in [5.41, 5.74) is 3.58. The molecule has 1 N–H and O–H groups in total. The normalized spacial score (nSPS) is 10.9. The lowest BCUT2D eigenvalue weighted by Gasteiger charge is -2.01. The molecule has 1 aromatic heterocycles. The Morgan fingerprint density at radius 3 is 2.55 bits per heavy atom. The number of H-pyrrole nitrogens is 1. The SMILES string of the molecule is CSc1ccc(-c2[nH]c3ccc(Br)cc3c2C=O)cc1. The highest BCUT2D eigenvalue weighted by Crippen LogP contribution is 2.31. The van der Waals surface area contributed by atoms with Gasteiger partial charge in [-0.25, -0.2) is 0 Å². The molecule has 0 aliphatic heterocycles. The number of rotatable bonds is 3. The second-order valence-corrected chi connectivity index (χ2v) is 6.25. The van der Waals surface area contributed by atoms with Crippen molar-refractivity contribution in [2.75, 3.05) is 6.26 Å². The number of thioether (sulfide) groups is 1. The summed E-state index contributed by atoms with van der Waals surface area (Å²) >= 11 is 5.15. The van der Waals surface area contributed by atoms with Crippen LogP contribution in [0.25, 0.3) is 22.2 Å². The minimum absolute atomic E-state index is 0.707. The van der Waals surface area contributed by atoms with Gasteiger partial charge in [0.1, 0.15) is 0 Å². The van der Waals surface area contributed by atoms with E-state index in [-0.39, 0.29) is 0 Å². The fraction of sp³-hybridized carbons (Fsp3) is 0.0625. The molecule has 0 unspecified atom stereocenters. The van der Waals surface area contributed by atoms with Gasteiger partial charge in [0, 0.05) is 25.8 Å². The number of nitrogens with one attached hydrogen (secondary N) is 1. The first-order chi connectivity index (χ1) is 9.72. The summed E-state index contributed by atoms with van der Waals surface area (Å²) in [4.78, 5) is 16.0. The number of aldehydes is 1. The Kier molecular flexibility index (Phi) is 3.68. The maximum Gasteiger partial charge on any atom is 0.152 e. The molecule has 2 nitrogen and oxygen atoms in total. The zero-order valence-corrected chi connectivity index (χ0v) is 13.2. The number of hydrogen-bond donors (Lipinski definition) is 1. The van der Waals surface area contributed by atoms with Crippen LogP contribution in [-0.2, 0) is 0 Å². The fourth-order valence-corrected chi connectivity index (χ4v) is 3.06. The van der Waals surface area contributed by atoms with E-state index >= 15 is 0 Å². The van der Waals surface area contributed by atoms with Crippen molar-refractivity contribution in [3.63, 3.8) is 0 Å². The Morgan fingerprint density at radius 2 is 1.90 bits per heavy atom. The summed E-state index contributed by atoms with van der Waals surface area (Å²) in [6, 6.07) is 14.1. The number of fused-ring (bicyclic) bond motifs is 1. The van der Waals surface area contributed by atoms with Crippen LogP contribution in [0.3, 0.4) is 0 Å². The molecule has 3 rings (SSSR count). The molecule has 0 fully saturated rings. The molecule has 0 aliphatic rings. The third-order valence-electron chi connectivity index (χ3n) is 3.30. The van der Waals surface area contributed by atoms with Crippen LogP contribution in [0.15, 0.2) is 51.8 Å². The second kappa shape index (κ2) is 5.46. The quantitative estimate of drug-likeness (QED) is 0.527. The lowest BCUT2D eigenvalue weighted by Crippen LogP contribution is -1.84. The first-order valence-electron chi connectivity index (χ1n) is 6.14. The molecule has 2 aromatic carbocycles. The van der Waals surface area contributed by atoms with Crippen molar-refractivity contribution in [1.82, 2.24) is 4.98 Å². The molecule has 3 aromatic rings. The molecule has 0 aliphatic carbocycles.